The minimum absolute atomic E-state index is 0.00690. The van der Waals surface area contributed by atoms with E-state index in [1.54, 1.807) is 0 Å². The Kier molecular flexibility index (Phi) is 4.21. The predicted octanol–water partition coefficient (Wildman–Crippen LogP) is 1.19. The average molecular weight is 249 g/mol. The Morgan fingerprint density at radius 3 is 2.83 bits per heavy atom. The lowest BCUT2D eigenvalue weighted by molar-refractivity contribution is -0.385. The van der Waals surface area contributed by atoms with Crippen molar-refractivity contribution in [3.8, 4) is 12.3 Å². The van der Waals surface area contributed by atoms with Crippen molar-refractivity contribution >= 4 is 17.5 Å². The fourth-order valence-electron chi connectivity index (χ4n) is 1.32. The fourth-order valence-corrected chi connectivity index (χ4v) is 1.32. The molecule has 0 aliphatic heterocycles. The van der Waals surface area contributed by atoms with E-state index >= 15 is 0 Å². The largest absolute Gasteiger partial charge is 0.480 e. The molecule has 0 fully saturated rings. The molecular weight excluding hydrogens is 238 g/mol. The lowest BCUT2D eigenvalue weighted by Gasteiger charge is -2.12. The molecule has 7 nitrogen and oxygen atoms in total. The smallest absolute Gasteiger partial charge is 0.327 e. The number of pyridine rings is 1. The second kappa shape index (κ2) is 5.63. The summed E-state index contributed by atoms with van der Waals surface area (Å²) in [5.41, 5.74) is 0.0826. The van der Waals surface area contributed by atoms with E-state index in [4.69, 9.17) is 11.5 Å². The van der Waals surface area contributed by atoms with Gasteiger partial charge < -0.3 is 10.4 Å². The Hall–Kier alpha value is -2.62. The zero-order valence-electron chi connectivity index (χ0n) is 9.58. The summed E-state index contributed by atoms with van der Waals surface area (Å²) >= 11 is 0. The summed E-state index contributed by atoms with van der Waals surface area (Å²) in [7, 11) is 0. The van der Waals surface area contributed by atoms with Crippen LogP contribution in [0.2, 0.25) is 0 Å². The molecule has 1 unspecified atom stereocenters. The number of aromatic nitrogens is 1. The highest BCUT2D eigenvalue weighted by molar-refractivity contribution is 5.77. The summed E-state index contributed by atoms with van der Waals surface area (Å²) in [6.07, 6.45) is 5.04. The maximum absolute atomic E-state index is 10.9. The first kappa shape index (κ1) is 13.4. The van der Waals surface area contributed by atoms with Crippen molar-refractivity contribution in [2.75, 3.05) is 5.32 Å². The normalized spacial score (nSPS) is 11.3. The van der Waals surface area contributed by atoms with Crippen LogP contribution in [-0.2, 0) is 4.79 Å². The van der Waals surface area contributed by atoms with Crippen LogP contribution >= 0.6 is 0 Å². The molecule has 0 aliphatic carbocycles. The van der Waals surface area contributed by atoms with Crippen LogP contribution in [0, 0.1) is 29.4 Å². The summed E-state index contributed by atoms with van der Waals surface area (Å²) in [6, 6.07) is 1.64. The van der Waals surface area contributed by atoms with E-state index in [2.05, 4.69) is 16.2 Å². The van der Waals surface area contributed by atoms with Crippen LogP contribution in [0.5, 0.6) is 0 Å². The van der Waals surface area contributed by atoms with Crippen LogP contribution in [0.15, 0.2) is 12.1 Å². The lowest BCUT2D eigenvalue weighted by Crippen LogP contribution is -2.29. The third-order valence-corrected chi connectivity index (χ3v) is 2.20. The third kappa shape index (κ3) is 3.18. The van der Waals surface area contributed by atoms with E-state index < -0.39 is 16.9 Å². The van der Waals surface area contributed by atoms with Crippen LogP contribution in [0.25, 0.3) is 0 Å². The summed E-state index contributed by atoms with van der Waals surface area (Å²) in [6.45, 7) is 1.47. The number of hydrogen-bond acceptors (Lipinski definition) is 5. The van der Waals surface area contributed by atoms with Gasteiger partial charge in [-0.15, -0.1) is 12.3 Å². The molecule has 2 N–H and O–H groups in total. The Bertz CT molecular complexity index is 522. The van der Waals surface area contributed by atoms with Crippen molar-refractivity contribution in [1.82, 2.24) is 4.98 Å². The zero-order chi connectivity index (χ0) is 13.7. The number of terminal acetylenes is 1. The molecule has 0 bridgehead atoms. The van der Waals surface area contributed by atoms with Crippen molar-refractivity contribution in [3.63, 3.8) is 0 Å². The molecule has 18 heavy (non-hydrogen) atoms. The summed E-state index contributed by atoms with van der Waals surface area (Å²) in [5, 5.41) is 22.1. The van der Waals surface area contributed by atoms with Gasteiger partial charge in [-0.2, -0.15) is 0 Å². The van der Waals surface area contributed by atoms with Gasteiger partial charge in [0.15, 0.2) is 0 Å². The molecule has 0 aliphatic rings. The number of carboxylic acids is 1. The predicted molar refractivity (Wildman–Crippen MR) is 64.1 cm³/mol. The molecule has 1 heterocycles. The number of carbonyl (C=O) groups is 1. The first-order valence-corrected chi connectivity index (χ1v) is 5.00. The topological polar surface area (TPSA) is 105 Å². The number of aliphatic carboxylic acids is 1. The first-order valence-electron chi connectivity index (χ1n) is 5.00. The fraction of sp³-hybridized carbons (Fsp3) is 0.273. The molecule has 1 rings (SSSR count). The molecule has 1 aromatic heterocycles. The first-order chi connectivity index (χ1) is 8.45. The van der Waals surface area contributed by atoms with Gasteiger partial charge in [0.1, 0.15) is 17.6 Å². The molecule has 1 aromatic rings. The van der Waals surface area contributed by atoms with Gasteiger partial charge in [-0.1, -0.05) is 0 Å². The maximum atomic E-state index is 10.9. The van der Waals surface area contributed by atoms with Crippen LogP contribution < -0.4 is 5.32 Å². The highest BCUT2D eigenvalue weighted by Gasteiger charge is 2.18. The van der Waals surface area contributed by atoms with Gasteiger partial charge in [0.2, 0.25) is 0 Å². The van der Waals surface area contributed by atoms with E-state index in [9.17, 15) is 14.9 Å². The van der Waals surface area contributed by atoms with Gasteiger partial charge in [0.05, 0.1) is 4.92 Å². The Balaban J connectivity index is 2.92. The molecule has 0 amide bonds. The van der Waals surface area contributed by atoms with Crippen LogP contribution in [-0.4, -0.2) is 27.0 Å². The van der Waals surface area contributed by atoms with E-state index in [1.807, 2.05) is 0 Å². The van der Waals surface area contributed by atoms with Crippen molar-refractivity contribution < 1.29 is 14.8 Å². The maximum Gasteiger partial charge on any atom is 0.327 e. The van der Waals surface area contributed by atoms with Crippen LogP contribution in [0.3, 0.4) is 0 Å². The highest BCUT2D eigenvalue weighted by atomic mass is 16.6. The van der Waals surface area contributed by atoms with Gasteiger partial charge in [-0.3, -0.25) is 10.1 Å². The molecule has 7 heteroatoms. The van der Waals surface area contributed by atoms with Crippen LogP contribution in [0.4, 0.5) is 11.5 Å². The van der Waals surface area contributed by atoms with Gasteiger partial charge in [0.25, 0.3) is 5.69 Å². The summed E-state index contributed by atoms with van der Waals surface area (Å²) in [4.78, 5) is 24.8. The number of hydrogen-bond donors (Lipinski definition) is 2. The molecule has 1 atom stereocenters. The second-order valence-corrected chi connectivity index (χ2v) is 3.50. The number of nitrogens with zero attached hydrogens (tertiary/aromatic N) is 2. The SMILES string of the molecule is C#CCC(Nc1ccc([N+](=O)[O-])c(C)n1)C(=O)O. The number of aryl methyl sites for hydroxylation is 1. The molecule has 0 saturated carbocycles. The lowest BCUT2D eigenvalue weighted by atomic mass is 10.2. The van der Waals surface area contributed by atoms with Crippen molar-refractivity contribution in [1.29, 1.82) is 0 Å². The second-order valence-electron chi connectivity index (χ2n) is 3.50. The van der Waals surface area contributed by atoms with E-state index in [0.717, 1.165) is 0 Å². The Labute approximate surface area is 103 Å². The van der Waals surface area contributed by atoms with Crippen molar-refractivity contribution in [2.45, 2.75) is 19.4 Å². The molecule has 94 valence electrons. The number of nitro groups is 1. The van der Waals surface area contributed by atoms with Crippen molar-refractivity contribution in [3.05, 3.63) is 27.9 Å². The molecule has 0 radical (unpaired) electrons. The molecular formula is C11H11N3O4. The van der Waals surface area contributed by atoms with Gasteiger partial charge in [-0.05, 0) is 13.0 Å². The standard InChI is InChI=1S/C11H11N3O4/c1-3-4-8(11(15)16)13-10-6-5-9(14(17)18)7(2)12-10/h1,5-6,8H,4H2,2H3,(H,12,13)(H,15,16). The molecule has 0 spiro atoms. The third-order valence-electron chi connectivity index (χ3n) is 2.20. The Morgan fingerprint density at radius 1 is 1.72 bits per heavy atom. The number of rotatable bonds is 5. The number of nitrogens with one attached hydrogen (secondary N) is 1. The number of anilines is 1. The Morgan fingerprint density at radius 2 is 2.39 bits per heavy atom. The summed E-state index contributed by atoms with van der Waals surface area (Å²) in [5.74, 6) is 1.37. The van der Waals surface area contributed by atoms with Crippen LogP contribution in [0.1, 0.15) is 12.1 Å². The minimum atomic E-state index is -1.11. The highest BCUT2D eigenvalue weighted by Crippen LogP contribution is 2.18. The van der Waals surface area contributed by atoms with E-state index in [0.29, 0.717) is 0 Å². The number of carboxylic acid groups (broad SMARTS) is 1. The molecule has 0 saturated heterocycles. The van der Waals surface area contributed by atoms with Crippen molar-refractivity contribution in [2.24, 2.45) is 0 Å². The minimum Gasteiger partial charge on any atom is -0.480 e. The monoisotopic (exact) mass is 249 g/mol. The quantitative estimate of drug-likeness (QED) is 0.461. The molecule has 0 aromatic carbocycles. The van der Waals surface area contributed by atoms with Gasteiger partial charge in [0, 0.05) is 12.5 Å². The summed E-state index contributed by atoms with van der Waals surface area (Å²) < 4.78 is 0. The van der Waals surface area contributed by atoms with Gasteiger partial charge in [-0.25, -0.2) is 9.78 Å². The van der Waals surface area contributed by atoms with E-state index in [-0.39, 0.29) is 23.6 Å². The van der Waals surface area contributed by atoms with Gasteiger partial charge >= 0.3 is 5.97 Å². The van der Waals surface area contributed by atoms with E-state index in [1.165, 1.54) is 19.1 Å². The zero-order valence-corrected chi connectivity index (χ0v) is 9.58. The average Bonchev–Trinajstić information content (AvgIpc) is 2.27.